The van der Waals surface area contributed by atoms with E-state index in [1.807, 2.05) is 23.7 Å². The Morgan fingerprint density at radius 2 is 2.12 bits per heavy atom. The van der Waals surface area contributed by atoms with Crippen LogP contribution < -0.4 is 9.47 Å². The molecule has 7 heteroatoms. The summed E-state index contributed by atoms with van der Waals surface area (Å²) < 4.78 is 10.7. The standard InChI is InChI=1S/C19H22N4O2S/c1-24-17-4-3-13(10-18(17)25-2)9-16-14-11-23(7-5-15(14)21-22-16)12-19-20-6-8-26-19/h3-4,6,8,10H,5,7,9,11-12H2,1-2H3,(H,21,22). The number of hydrogen-bond acceptors (Lipinski definition) is 6. The number of H-pyrrole nitrogens is 1. The van der Waals surface area contributed by atoms with Crippen LogP contribution in [0.3, 0.4) is 0 Å². The lowest BCUT2D eigenvalue weighted by molar-refractivity contribution is 0.244. The van der Waals surface area contributed by atoms with Gasteiger partial charge in [0.15, 0.2) is 11.5 Å². The van der Waals surface area contributed by atoms with Crippen LogP contribution in [0.1, 0.15) is 27.5 Å². The highest BCUT2D eigenvalue weighted by molar-refractivity contribution is 7.09. The predicted octanol–water partition coefficient (Wildman–Crippen LogP) is 3.03. The molecule has 136 valence electrons. The summed E-state index contributed by atoms with van der Waals surface area (Å²) in [5.41, 5.74) is 4.85. The zero-order valence-corrected chi connectivity index (χ0v) is 15.8. The molecule has 3 heterocycles. The van der Waals surface area contributed by atoms with E-state index in [2.05, 4.69) is 26.1 Å². The minimum atomic E-state index is 0.745. The predicted molar refractivity (Wildman–Crippen MR) is 101 cm³/mol. The van der Waals surface area contributed by atoms with Gasteiger partial charge in [-0.15, -0.1) is 11.3 Å². The molecule has 1 N–H and O–H groups in total. The molecule has 0 fully saturated rings. The quantitative estimate of drug-likeness (QED) is 0.723. The normalized spacial score (nSPS) is 14.2. The molecule has 0 amide bonds. The number of rotatable bonds is 6. The first-order valence-electron chi connectivity index (χ1n) is 8.63. The van der Waals surface area contributed by atoms with E-state index < -0.39 is 0 Å². The van der Waals surface area contributed by atoms with E-state index in [9.17, 15) is 0 Å². The molecule has 0 spiro atoms. The second-order valence-electron chi connectivity index (χ2n) is 6.38. The number of nitrogens with one attached hydrogen (secondary N) is 1. The van der Waals surface area contributed by atoms with Crippen molar-refractivity contribution in [3.05, 3.63) is 57.3 Å². The van der Waals surface area contributed by atoms with Gasteiger partial charge in [-0.05, 0) is 17.7 Å². The Balaban J connectivity index is 1.52. The van der Waals surface area contributed by atoms with E-state index in [0.29, 0.717) is 0 Å². The molecule has 0 atom stereocenters. The van der Waals surface area contributed by atoms with E-state index in [1.54, 1.807) is 25.6 Å². The van der Waals surface area contributed by atoms with Crippen molar-refractivity contribution in [2.45, 2.75) is 25.9 Å². The molecule has 0 saturated carbocycles. The van der Waals surface area contributed by atoms with Gasteiger partial charge in [0, 0.05) is 48.8 Å². The molecule has 0 bridgehead atoms. The Morgan fingerprint density at radius 3 is 2.88 bits per heavy atom. The van der Waals surface area contributed by atoms with Gasteiger partial charge in [0.1, 0.15) is 5.01 Å². The van der Waals surface area contributed by atoms with Gasteiger partial charge in [-0.25, -0.2) is 4.98 Å². The number of fused-ring (bicyclic) bond motifs is 1. The van der Waals surface area contributed by atoms with Crippen LogP contribution in [0.15, 0.2) is 29.8 Å². The molecule has 1 aliphatic rings. The van der Waals surface area contributed by atoms with Gasteiger partial charge < -0.3 is 9.47 Å². The van der Waals surface area contributed by atoms with Crippen molar-refractivity contribution < 1.29 is 9.47 Å². The second-order valence-corrected chi connectivity index (χ2v) is 7.36. The van der Waals surface area contributed by atoms with Crippen molar-refractivity contribution in [2.75, 3.05) is 20.8 Å². The minimum Gasteiger partial charge on any atom is -0.493 e. The maximum Gasteiger partial charge on any atom is 0.160 e. The average molecular weight is 370 g/mol. The third-order valence-corrected chi connectivity index (χ3v) is 5.52. The first-order chi connectivity index (χ1) is 12.8. The lowest BCUT2D eigenvalue weighted by Gasteiger charge is -2.26. The van der Waals surface area contributed by atoms with Gasteiger partial charge in [-0.2, -0.15) is 5.10 Å². The lowest BCUT2D eigenvalue weighted by Crippen LogP contribution is -2.30. The summed E-state index contributed by atoms with van der Waals surface area (Å²) in [6.45, 7) is 2.84. The molecule has 0 saturated heterocycles. The first kappa shape index (κ1) is 17.1. The van der Waals surface area contributed by atoms with Crippen LogP contribution in [0.4, 0.5) is 0 Å². The molecule has 1 aromatic carbocycles. The minimum absolute atomic E-state index is 0.745. The van der Waals surface area contributed by atoms with E-state index >= 15 is 0 Å². The highest BCUT2D eigenvalue weighted by Gasteiger charge is 2.22. The van der Waals surface area contributed by atoms with Crippen LogP contribution in [0.2, 0.25) is 0 Å². The molecule has 1 aliphatic heterocycles. The maximum atomic E-state index is 5.42. The average Bonchev–Trinajstić information content (AvgIpc) is 3.32. The summed E-state index contributed by atoms with van der Waals surface area (Å²) in [5.74, 6) is 1.50. The van der Waals surface area contributed by atoms with E-state index in [1.165, 1.54) is 16.3 Å². The summed E-state index contributed by atoms with van der Waals surface area (Å²) in [4.78, 5) is 6.85. The smallest absolute Gasteiger partial charge is 0.160 e. The van der Waals surface area contributed by atoms with Gasteiger partial charge in [-0.3, -0.25) is 10.00 Å². The molecule has 2 aromatic heterocycles. The fourth-order valence-electron chi connectivity index (χ4n) is 3.40. The first-order valence-corrected chi connectivity index (χ1v) is 9.51. The zero-order valence-electron chi connectivity index (χ0n) is 15.0. The highest BCUT2D eigenvalue weighted by atomic mass is 32.1. The summed E-state index contributed by atoms with van der Waals surface area (Å²) in [5, 5.41) is 11.0. The Hall–Kier alpha value is -2.38. The van der Waals surface area contributed by atoms with E-state index in [4.69, 9.17) is 9.47 Å². The summed E-state index contributed by atoms with van der Waals surface area (Å²) in [6.07, 6.45) is 3.65. The molecular formula is C19H22N4O2S. The molecule has 6 nitrogen and oxygen atoms in total. The van der Waals surface area contributed by atoms with Gasteiger partial charge in [-0.1, -0.05) is 6.07 Å². The Kier molecular flexibility index (Phi) is 4.90. The second kappa shape index (κ2) is 7.47. The van der Waals surface area contributed by atoms with Crippen molar-refractivity contribution in [2.24, 2.45) is 0 Å². The number of aromatic amines is 1. The number of aromatic nitrogens is 3. The molecule has 4 rings (SSSR count). The van der Waals surface area contributed by atoms with Crippen LogP contribution in [-0.2, 0) is 25.9 Å². The largest absolute Gasteiger partial charge is 0.493 e. The maximum absolute atomic E-state index is 5.42. The number of ether oxygens (including phenoxy) is 2. The van der Waals surface area contributed by atoms with E-state index in [-0.39, 0.29) is 0 Å². The van der Waals surface area contributed by atoms with E-state index in [0.717, 1.165) is 55.2 Å². The van der Waals surface area contributed by atoms with Crippen LogP contribution in [-0.4, -0.2) is 40.8 Å². The SMILES string of the molecule is COc1ccc(Cc2n[nH]c3c2CN(Cc2nccs2)CC3)cc1OC. The van der Waals surface area contributed by atoms with Gasteiger partial charge in [0.2, 0.25) is 0 Å². The third kappa shape index (κ3) is 3.45. The molecule has 0 radical (unpaired) electrons. The molecule has 0 aliphatic carbocycles. The molecule has 26 heavy (non-hydrogen) atoms. The number of methoxy groups -OCH3 is 2. The fourth-order valence-corrected chi connectivity index (χ4v) is 4.06. The van der Waals surface area contributed by atoms with Gasteiger partial charge in [0.25, 0.3) is 0 Å². The van der Waals surface area contributed by atoms with Crippen LogP contribution in [0.25, 0.3) is 0 Å². The zero-order chi connectivity index (χ0) is 17.9. The molecule has 3 aromatic rings. The molecular weight excluding hydrogens is 348 g/mol. The van der Waals surface area contributed by atoms with Crippen molar-refractivity contribution in [1.82, 2.24) is 20.1 Å². The number of benzene rings is 1. The van der Waals surface area contributed by atoms with Crippen LogP contribution >= 0.6 is 11.3 Å². The number of thiazole rings is 1. The molecule has 0 unspecified atom stereocenters. The Morgan fingerprint density at radius 1 is 1.23 bits per heavy atom. The lowest BCUT2D eigenvalue weighted by atomic mass is 10.0. The summed E-state index contributed by atoms with van der Waals surface area (Å²) in [6, 6.07) is 6.04. The summed E-state index contributed by atoms with van der Waals surface area (Å²) in [7, 11) is 3.31. The number of nitrogens with zero attached hydrogens (tertiary/aromatic N) is 3. The fraction of sp³-hybridized carbons (Fsp3) is 0.368. The Bertz CT molecular complexity index is 876. The highest BCUT2D eigenvalue weighted by Crippen LogP contribution is 2.30. The van der Waals surface area contributed by atoms with Crippen LogP contribution in [0, 0.1) is 0 Å². The van der Waals surface area contributed by atoms with Crippen molar-refractivity contribution in [3.8, 4) is 11.5 Å². The topological polar surface area (TPSA) is 63.3 Å². The monoisotopic (exact) mass is 370 g/mol. The number of hydrogen-bond donors (Lipinski definition) is 1. The third-order valence-electron chi connectivity index (χ3n) is 4.76. The van der Waals surface area contributed by atoms with Crippen molar-refractivity contribution in [1.29, 1.82) is 0 Å². The van der Waals surface area contributed by atoms with Gasteiger partial charge in [0.05, 0.1) is 26.5 Å². The van der Waals surface area contributed by atoms with Crippen molar-refractivity contribution >= 4 is 11.3 Å². The Labute approximate surface area is 156 Å². The van der Waals surface area contributed by atoms with Crippen molar-refractivity contribution in [3.63, 3.8) is 0 Å². The summed E-state index contributed by atoms with van der Waals surface area (Å²) >= 11 is 1.71. The van der Waals surface area contributed by atoms with Gasteiger partial charge >= 0.3 is 0 Å². The van der Waals surface area contributed by atoms with Crippen LogP contribution in [0.5, 0.6) is 11.5 Å².